The second-order valence-corrected chi connectivity index (χ2v) is 6.22. The van der Waals surface area contributed by atoms with Crippen molar-refractivity contribution in [2.24, 2.45) is 0 Å². The maximum Gasteiger partial charge on any atom is 0.239 e. The van der Waals surface area contributed by atoms with Gasteiger partial charge in [-0.05, 0) is 37.5 Å². The van der Waals surface area contributed by atoms with Crippen LogP contribution in [0, 0.1) is 0 Å². The van der Waals surface area contributed by atoms with Crippen molar-refractivity contribution in [3.8, 4) is 5.69 Å². The Bertz CT molecular complexity index is 654. The van der Waals surface area contributed by atoms with Crippen LogP contribution < -0.4 is 16.2 Å². The van der Waals surface area contributed by atoms with E-state index in [9.17, 15) is 4.79 Å². The Labute approximate surface area is 141 Å². The minimum Gasteiger partial charge on any atom is -0.348 e. The smallest absolute Gasteiger partial charge is 0.239 e. The Kier molecular flexibility index (Phi) is 5.22. The number of nitrogens with zero attached hydrogens (tertiary/aromatic N) is 3. The SMILES string of the molecule is CCCC1CC(C(=O)NC(C)c2ccc(-n3cncn3)cc2)NN1. The van der Waals surface area contributed by atoms with Crippen LogP contribution in [-0.2, 0) is 4.79 Å². The van der Waals surface area contributed by atoms with Gasteiger partial charge in [0.05, 0.1) is 11.7 Å². The summed E-state index contributed by atoms with van der Waals surface area (Å²) in [6, 6.07) is 8.11. The third kappa shape index (κ3) is 3.80. The van der Waals surface area contributed by atoms with Gasteiger partial charge in [-0.3, -0.25) is 10.2 Å². The molecule has 2 aromatic rings. The lowest BCUT2D eigenvalue weighted by atomic mass is 10.0. The largest absolute Gasteiger partial charge is 0.348 e. The van der Waals surface area contributed by atoms with E-state index in [1.807, 2.05) is 31.2 Å². The molecule has 1 aromatic heterocycles. The van der Waals surface area contributed by atoms with Crippen LogP contribution in [-0.4, -0.2) is 32.8 Å². The van der Waals surface area contributed by atoms with Gasteiger partial charge in [0.1, 0.15) is 18.7 Å². The molecule has 0 aliphatic carbocycles. The lowest BCUT2D eigenvalue weighted by Crippen LogP contribution is -2.44. The second kappa shape index (κ2) is 7.55. The van der Waals surface area contributed by atoms with Crippen LogP contribution in [0.5, 0.6) is 0 Å². The molecule has 2 heterocycles. The summed E-state index contributed by atoms with van der Waals surface area (Å²) in [5.74, 6) is 0.0361. The van der Waals surface area contributed by atoms with Gasteiger partial charge in [-0.2, -0.15) is 5.10 Å². The minimum absolute atomic E-state index is 0.0361. The second-order valence-electron chi connectivity index (χ2n) is 6.22. The van der Waals surface area contributed by atoms with Crippen LogP contribution in [0.15, 0.2) is 36.9 Å². The van der Waals surface area contributed by atoms with Gasteiger partial charge in [0.15, 0.2) is 0 Å². The summed E-state index contributed by atoms with van der Waals surface area (Å²) in [5, 5.41) is 7.18. The van der Waals surface area contributed by atoms with Crippen molar-refractivity contribution in [3.05, 3.63) is 42.5 Å². The number of nitrogens with one attached hydrogen (secondary N) is 3. The van der Waals surface area contributed by atoms with E-state index in [4.69, 9.17) is 0 Å². The molecule has 3 unspecified atom stereocenters. The van der Waals surface area contributed by atoms with Gasteiger partial charge in [-0.25, -0.2) is 15.1 Å². The molecule has 1 aliphatic heterocycles. The first-order valence-corrected chi connectivity index (χ1v) is 8.43. The average Bonchev–Trinajstić information content (AvgIpc) is 3.27. The van der Waals surface area contributed by atoms with Crippen molar-refractivity contribution in [1.82, 2.24) is 30.9 Å². The predicted molar refractivity (Wildman–Crippen MR) is 91.3 cm³/mol. The fourth-order valence-electron chi connectivity index (χ4n) is 2.99. The molecule has 0 radical (unpaired) electrons. The van der Waals surface area contributed by atoms with E-state index in [1.165, 1.54) is 6.33 Å². The Morgan fingerprint density at radius 3 is 2.83 bits per heavy atom. The number of hydrazine groups is 1. The number of amides is 1. The van der Waals surface area contributed by atoms with Crippen molar-refractivity contribution in [1.29, 1.82) is 0 Å². The Hall–Kier alpha value is -2.25. The first kappa shape index (κ1) is 16.6. The lowest BCUT2D eigenvalue weighted by Gasteiger charge is -2.17. The van der Waals surface area contributed by atoms with Gasteiger partial charge in [-0.15, -0.1) is 0 Å². The molecule has 3 rings (SSSR count). The zero-order valence-corrected chi connectivity index (χ0v) is 14.1. The number of benzene rings is 1. The summed E-state index contributed by atoms with van der Waals surface area (Å²) in [4.78, 5) is 16.3. The van der Waals surface area contributed by atoms with Crippen molar-refractivity contribution in [3.63, 3.8) is 0 Å². The molecule has 3 N–H and O–H groups in total. The summed E-state index contributed by atoms with van der Waals surface area (Å²) < 4.78 is 1.70. The number of hydrogen-bond acceptors (Lipinski definition) is 5. The summed E-state index contributed by atoms with van der Waals surface area (Å²) in [6.45, 7) is 4.15. The fraction of sp³-hybridized carbons (Fsp3) is 0.471. The van der Waals surface area contributed by atoms with Gasteiger partial charge in [0, 0.05) is 6.04 Å². The number of carbonyl (C=O) groups excluding carboxylic acids is 1. The molecule has 1 amide bonds. The average molecular weight is 328 g/mol. The van der Waals surface area contributed by atoms with Gasteiger partial charge in [-0.1, -0.05) is 25.5 Å². The van der Waals surface area contributed by atoms with Crippen LogP contribution in [0.4, 0.5) is 0 Å². The molecule has 1 saturated heterocycles. The maximum atomic E-state index is 12.4. The van der Waals surface area contributed by atoms with E-state index < -0.39 is 0 Å². The van der Waals surface area contributed by atoms with Crippen molar-refractivity contribution in [2.75, 3.05) is 0 Å². The summed E-state index contributed by atoms with van der Waals surface area (Å²) in [6.07, 6.45) is 6.19. The zero-order valence-electron chi connectivity index (χ0n) is 14.1. The predicted octanol–water partition coefficient (Wildman–Crippen LogP) is 1.48. The van der Waals surface area contributed by atoms with E-state index in [-0.39, 0.29) is 18.0 Å². The monoisotopic (exact) mass is 328 g/mol. The molecule has 3 atom stereocenters. The van der Waals surface area contributed by atoms with Crippen molar-refractivity contribution >= 4 is 5.91 Å². The fourth-order valence-corrected chi connectivity index (χ4v) is 2.99. The molecule has 7 heteroatoms. The van der Waals surface area contributed by atoms with Gasteiger partial charge in [0.2, 0.25) is 5.91 Å². The number of carbonyl (C=O) groups is 1. The Morgan fingerprint density at radius 1 is 1.38 bits per heavy atom. The zero-order chi connectivity index (χ0) is 16.9. The molecular weight excluding hydrogens is 304 g/mol. The van der Waals surface area contributed by atoms with E-state index in [0.29, 0.717) is 6.04 Å². The standard InChI is InChI=1S/C17H24N6O/c1-3-4-14-9-16(22-21-14)17(24)20-12(2)13-5-7-15(8-6-13)23-11-18-10-19-23/h5-8,10-12,14,16,21-22H,3-4,9H2,1-2H3,(H,20,24). The van der Waals surface area contributed by atoms with Crippen LogP contribution in [0.2, 0.25) is 0 Å². The van der Waals surface area contributed by atoms with E-state index in [0.717, 1.165) is 30.5 Å². The quantitative estimate of drug-likeness (QED) is 0.748. The number of aromatic nitrogens is 3. The van der Waals surface area contributed by atoms with Gasteiger partial charge >= 0.3 is 0 Å². The highest BCUT2D eigenvalue weighted by atomic mass is 16.2. The van der Waals surface area contributed by atoms with Crippen LogP contribution in [0.1, 0.15) is 44.7 Å². The van der Waals surface area contributed by atoms with E-state index in [2.05, 4.69) is 33.2 Å². The van der Waals surface area contributed by atoms with Crippen molar-refractivity contribution in [2.45, 2.75) is 51.2 Å². The molecule has 0 spiro atoms. The first-order valence-electron chi connectivity index (χ1n) is 8.43. The topological polar surface area (TPSA) is 83.9 Å². The summed E-state index contributed by atoms with van der Waals surface area (Å²) in [7, 11) is 0. The van der Waals surface area contributed by atoms with E-state index in [1.54, 1.807) is 11.0 Å². The van der Waals surface area contributed by atoms with Crippen LogP contribution >= 0.6 is 0 Å². The third-order valence-electron chi connectivity index (χ3n) is 4.37. The lowest BCUT2D eigenvalue weighted by molar-refractivity contribution is -0.123. The molecular formula is C17H24N6O. The molecule has 24 heavy (non-hydrogen) atoms. The molecule has 128 valence electrons. The molecule has 7 nitrogen and oxygen atoms in total. The van der Waals surface area contributed by atoms with Crippen LogP contribution in [0.25, 0.3) is 5.69 Å². The van der Waals surface area contributed by atoms with Crippen molar-refractivity contribution < 1.29 is 4.79 Å². The van der Waals surface area contributed by atoms with Crippen LogP contribution in [0.3, 0.4) is 0 Å². The normalized spacial score (nSPS) is 21.6. The van der Waals surface area contributed by atoms with E-state index >= 15 is 0 Å². The minimum atomic E-state index is -0.168. The number of rotatable bonds is 6. The highest BCUT2D eigenvalue weighted by Gasteiger charge is 2.29. The third-order valence-corrected chi connectivity index (χ3v) is 4.37. The number of hydrogen-bond donors (Lipinski definition) is 3. The summed E-state index contributed by atoms with van der Waals surface area (Å²) in [5.41, 5.74) is 8.30. The highest BCUT2D eigenvalue weighted by molar-refractivity contribution is 5.82. The highest BCUT2D eigenvalue weighted by Crippen LogP contribution is 2.16. The Morgan fingerprint density at radius 2 is 2.17 bits per heavy atom. The first-order chi connectivity index (χ1) is 11.7. The summed E-state index contributed by atoms with van der Waals surface area (Å²) >= 11 is 0. The van der Waals surface area contributed by atoms with Gasteiger partial charge < -0.3 is 5.32 Å². The molecule has 0 saturated carbocycles. The molecule has 1 fully saturated rings. The molecule has 1 aromatic carbocycles. The van der Waals surface area contributed by atoms with Gasteiger partial charge in [0.25, 0.3) is 0 Å². The Balaban J connectivity index is 1.56. The maximum absolute atomic E-state index is 12.4. The molecule has 1 aliphatic rings. The molecule has 0 bridgehead atoms.